The molecule has 0 saturated carbocycles. The number of unbranched alkanes of at least 4 members (excludes halogenated alkanes) is 6. The van der Waals surface area contributed by atoms with E-state index in [2.05, 4.69) is 39.0 Å². The summed E-state index contributed by atoms with van der Waals surface area (Å²) < 4.78 is 0. The second-order valence-corrected chi connectivity index (χ2v) is 4.55. The first-order chi connectivity index (χ1) is 7.27. The Morgan fingerprint density at radius 1 is 0.867 bits per heavy atom. The maximum Gasteiger partial charge on any atom is -0.0167 e. The van der Waals surface area contributed by atoms with Gasteiger partial charge in [-0.3, -0.25) is 0 Å². The minimum atomic E-state index is 1.11. The third-order valence-electron chi connectivity index (χ3n) is 2.55. The maximum atomic E-state index is 2.33. The predicted molar refractivity (Wildman–Crippen MR) is 71.2 cm³/mol. The molecule has 0 bridgehead atoms. The van der Waals surface area contributed by atoms with Crippen LogP contribution in [0.25, 0.3) is 0 Å². The largest absolute Gasteiger partial charge is 0.0882 e. The third-order valence-corrected chi connectivity index (χ3v) is 2.55. The monoisotopic (exact) mass is 208 g/mol. The van der Waals surface area contributed by atoms with Gasteiger partial charge in [0.15, 0.2) is 0 Å². The quantitative estimate of drug-likeness (QED) is 0.339. The first-order valence-corrected chi connectivity index (χ1v) is 6.55. The van der Waals surface area contributed by atoms with Crippen LogP contribution in [-0.4, -0.2) is 0 Å². The van der Waals surface area contributed by atoms with E-state index < -0.39 is 0 Å². The van der Waals surface area contributed by atoms with E-state index in [9.17, 15) is 0 Å². The highest BCUT2D eigenvalue weighted by Gasteiger charge is 1.87. The number of allylic oxidation sites excluding steroid dienone is 4. The van der Waals surface area contributed by atoms with E-state index in [1.54, 1.807) is 0 Å². The Kier molecular flexibility index (Phi) is 11.2. The molecule has 0 fully saturated rings. The standard InChI is InChI=1S/C15H28/c1-4-5-6-7-8-9-10-11-12-13-14-15(2)3/h11-12,14H,4-10,13H2,1-3H3. The molecule has 0 atom stereocenters. The van der Waals surface area contributed by atoms with Crippen LogP contribution in [0, 0.1) is 0 Å². The van der Waals surface area contributed by atoms with E-state index in [1.807, 2.05) is 0 Å². The molecule has 0 aliphatic heterocycles. The fourth-order valence-corrected chi connectivity index (χ4v) is 1.56. The van der Waals surface area contributed by atoms with Crippen molar-refractivity contribution in [1.82, 2.24) is 0 Å². The van der Waals surface area contributed by atoms with Gasteiger partial charge in [-0.05, 0) is 33.1 Å². The SMILES string of the molecule is CCCCCCCCC=CCC=C(C)C. The van der Waals surface area contributed by atoms with Crippen molar-refractivity contribution in [1.29, 1.82) is 0 Å². The van der Waals surface area contributed by atoms with Crippen LogP contribution in [0.1, 0.15) is 72.1 Å². The number of rotatable bonds is 9. The molecule has 0 heteroatoms. The zero-order chi connectivity index (χ0) is 11.4. The molecule has 0 unspecified atom stereocenters. The fourth-order valence-electron chi connectivity index (χ4n) is 1.56. The van der Waals surface area contributed by atoms with Crippen LogP contribution in [0.15, 0.2) is 23.8 Å². The molecule has 0 heterocycles. The molecule has 0 amide bonds. The molecule has 0 nitrogen and oxygen atoms in total. The molecule has 0 spiro atoms. The zero-order valence-electron chi connectivity index (χ0n) is 10.9. The summed E-state index contributed by atoms with van der Waals surface area (Å²) >= 11 is 0. The first kappa shape index (κ1) is 14.5. The van der Waals surface area contributed by atoms with Crippen LogP contribution >= 0.6 is 0 Å². The normalized spacial score (nSPS) is 10.9. The Hall–Kier alpha value is -0.520. The molecule has 0 saturated heterocycles. The van der Waals surface area contributed by atoms with E-state index in [1.165, 1.54) is 50.5 Å². The van der Waals surface area contributed by atoms with Crippen molar-refractivity contribution in [3.8, 4) is 0 Å². The van der Waals surface area contributed by atoms with Gasteiger partial charge in [-0.25, -0.2) is 0 Å². The summed E-state index contributed by atoms with van der Waals surface area (Å²) in [5.41, 5.74) is 1.42. The average molecular weight is 208 g/mol. The van der Waals surface area contributed by atoms with Gasteiger partial charge in [-0.2, -0.15) is 0 Å². The van der Waals surface area contributed by atoms with Crippen molar-refractivity contribution in [2.45, 2.75) is 72.1 Å². The van der Waals surface area contributed by atoms with Crippen molar-refractivity contribution < 1.29 is 0 Å². The molecular formula is C15H28. The maximum absolute atomic E-state index is 2.33. The Morgan fingerprint density at radius 2 is 1.53 bits per heavy atom. The Bertz CT molecular complexity index is 170. The number of hydrogen-bond acceptors (Lipinski definition) is 0. The van der Waals surface area contributed by atoms with Crippen LogP contribution < -0.4 is 0 Å². The van der Waals surface area contributed by atoms with Crippen LogP contribution in [0.4, 0.5) is 0 Å². The minimum Gasteiger partial charge on any atom is -0.0882 e. The van der Waals surface area contributed by atoms with Crippen LogP contribution in [0.2, 0.25) is 0 Å². The van der Waals surface area contributed by atoms with Crippen molar-refractivity contribution in [2.75, 3.05) is 0 Å². The average Bonchev–Trinajstić information content (AvgIpc) is 2.20. The van der Waals surface area contributed by atoms with Gasteiger partial charge in [0.1, 0.15) is 0 Å². The summed E-state index contributed by atoms with van der Waals surface area (Å²) in [7, 11) is 0. The summed E-state index contributed by atoms with van der Waals surface area (Å²) in [6.45, 7) is 6.58. The molecule has 0 rings (SSSR count). The summed E-state index contributed by atoms with van der Waals surface area (Å²) in [4.78, 5) is 0. The lowest BCUT2D eigenvalue weighted by Crippen LogP contribution is -1.77. The molecule has 0 radical (unpaired) electrons. The summed E-state index contributed by atoms with van der Waals surface area (Å²) in [6.07, 6.45) is 17.7. The topological polar surface area (TPSA) is 0 Å². The Morgan fingerprint density at radius 3 is 2.20 bits per heavy atom. The smallest absolute Gasteiger partial charge is 0.0167 e. The molecule has 15 heavy (non-hydrogen) atoms. The molecular weight excluding hydrogens is 180 g/mol. The lowest BCUT2D eigenvalue weighted by molar-refractivity contribution is 0.611. The van der Waals surface area contributed by atoms with Crippen molar-refractivity contribution >= 4 is 0 Å². The van der Waals surface area contributed by atoms with Gasteiger partial charge < -0.3 is 0 Å². The summed E-state index contributed by atoms with van der Waals surface area (Å²) in [5.74, 6) is 0. The third kappa shape index (κ3) is 13.5. The van der Waals surface area contributed by atoms with E-state index in [4.69, 9.17) is 0 Å². The highest BCUT2D eigenvalue weighted by molar-refractivity contribution is 4.98. The van der Waals surface area contributed by atoms with Crippen LogP contribution in [0.3, 0.4) is 0 Å². The van der Waals surface area contributed by atoms with Crippen LogP contribution in [-0.2, 0) is 0 Å². The van der Waals surface area contributed by atoms with Crippen LogP contribution in [0.5, 0.6) is 0 Å². The molecule has 0 aliphatic rings. The highest BCUT2D eigenvalue weighted by atomic mass is 13.9. The van der Waals surface area contributed by atoms with Crippen molar-refractivity contribution in [3.05, 3.63) is 23.8 Å². The van der Waals surface area contributed by atoms with Gasteiger partial charge in [0.25, 0.3) is 0 Å². The Balaban J connectivity index is 3.13. The van der Waals surface area contributed by atoms with Crippen molar-refractivity contribution in [3.63, 3.8) is 0 Å². The van der Waals surface area contributed by atoms with Crippen molar-refractivity contribution in [2.24, 2.45) is 0 Å². The van der Waals surface area contributed by atoms with E-state index in [0.717, 1.165) is 6.42 Å². The van der Waals surface area contributed by atoms with Gasteiger partial charge in [-0.15, -0.1) is 0 Å². The second-order valence-electron chi connectivity index (χ2n) is 4.55. The van der Waals surface area contributed by atoms with Gasteiger partial charge in [0, 0.05) is 0 Å². The van der Waals surface area contributed by atoms with Gasteiger partial charge >= 0.3 is 0 Å². The fraction of sp³-hybridized carbons (Fsp3) is 0.733. The first-order valence-electron chi connectivity index (χ1n) is 6.55. The Labute approximate surface area is 96.5 Å². The second kappa shape index (κ2) is 11.6. The lowest BCUT2D eigenvalue weighted by Gasteiger charge is -1.97. The highest BCUT2D eigenvalue weighted by Crippen LogP contribution is 2.07. The van der Waals surface area contributed by atoms with E-state index >= 15 is 0 Å². The molecule has 0 N–H and O–H groups in total. The molecule has 0 aliphatic carbocycles. The van der Waals surface area contributed by atoms with E-state index in [0.29, 0.717) is 0 Å². The molecule has 0 aromatic carbocycles. The predicted octanol–water partition coefficient (Wildman–Crippen LogP) is 5.65. The van der Waals surface area contributed by atoms with Gasteiger partial charge in [-0.1, -0.05) is 62.8 Å². The van der Waals surface area contributed by atoms with E-state index in [-0.39, 0.29) is 0 Å². The summed E-state index contributed by atoms with van der Waals surface area (Å²) in [5, 5.41) is 0. The molecule has 0 aromatic rings. The van der Waals surface area contributed by atoms with Gasteiger partial charge in [0.2, 0.25) is 0 Å². The van der Waals surface area contributed by atoms with Gasteiger partial charge in [0.05, 0.1) is 0 Å². The number of hydrogen-bond donors (Lipinski definition) is 0. The molecule has 88 valence electrons. The molecule has 0 aromatic heterocycles. The lowest BCUT2D eigenvalue weighted by atomic mass is 10.1. The minimum absolute atomic E-state index is 1.11. The summed E-state index contributed by atoms with van der Waals surface area (Å²) in [6, 6.07) is 0. The zero-order valence-corrected chi connectivity index (χ0v) is 10.9.